The van der Waals surface area contributed by atoms with Crippen molar-refractivity contribution in [2.45, 2.75) is 38.6 Å². The zero-order chi connectivity index (χ0) is 22.7. The van der Waals surface area contributed by atoms with Gasteiger partial charge in [-0.05, 0) is 76.0 Å². The van der Waals surface area contributed by atoms with Crippen LogP contribution in [0.4, 0.5) is 0 Å². The smallest absolute Gasteiger partial charge is 0.253 e. The molecule has 170 valence electrons. The fraction of sp³-hybridized carbons (Fsp3) is 0.481. The van der Waals surface area contributed by atoms with E-state index in [0.717, 1.165) is 62.1 Å². The van der Waals surface area contributed by atoms with Crippen LogP contribution in [0.25, 0.3) is 11.1 Å². The van der Waals surface area contributed by atoms with Gasteiger partial charge in [0.25, 0.3) is 5.91 Å². The standard InChI is InChI=1S/C27H35N3O2/c1-20-5-7-21(8-6-20)22-9-11-23(12-10-22)27(32)29-18-15-25-24(19-29)13-14-26(31)30(25)17-4-16-28(2)3/h5-12,24-25H,4,13-19H2,1-3H3/t24-,25+/m1/s1. The molecule has 2 aliphatic heterocycles. The van der Waals surface area contributed by atoms with E-state index in [9.17, 15) is 9.59 Å². The molecule has 4 rings (SSSR count). The molecular formula is C27H35N3O2. The number of carbonyl (C=O) groups is 2. The quantitative estimate of drug-likeness (QED) is 0.690. The maximum Gasteiger partial charge on any atom is 0.253 e. The highest BCUT2D eigenvalue weighted by Crippen LogP contribution is 2.32. The number of likely N-dealkylation sites (tertiary alicyclic amines) is 2. The number of fused-ring (bicyclic) bond motifs is 1. The largest absolute Gasteiger partial charge is 0.339 e. The predicted octanol–water partition coefficient (Wildman–Crippen LogP) is 4.07. The molecule has 0 spiro atoms. The van der Waals surface area contributed by atoms with E-state index in [1.54, 1.807) is 0 Å². The summed E-state index contributed by atoms with van der Waals surface area (Å²) >= 11 is 0. The van der Waals surface area contributed by atoms with Crippen LogP contribution in [-0.4, -0.2) is 72.8 Å². The Hall–Kier alpha value is -2.66. The third-order valence-electron chi connectivity index (χ3n) is 6.95. The number of nitrogens with zero attached hydrogens (tertiary/aromatic N) is 3. The summed E-state index contributed by atoms with van der Waals surface area (Å²) in [6.07, 6.45) is 3.38. The van der Waals surface area contributed by atoms with E-state index in [-0.39, 0.29) is 17.9 Å². The van der Waals surface area contributed by atoms with Gasteiger partial charge in [0.15, 0.2) is 0 Å². The second kappa shape index (κ2) is 9.86. The summed E-state index contributed by atoms with van der Waals surface area (Å²) in [5.41, 5.74) is 4.27. The molecule has 2 saturated heterocycles. The minimum atomic E-state index is 0.106. The summed E-state index contributed by atoms with van der Waals surface area (Å²) in [6, 6.07) is 16.7. The molecule has 2 fully saturated rings. The fourth-order valence-electron chi connectivity index (χ4n) is 5.12. The highest BCUT2D eigenvalue weighted by atomic mass is 16.2. The van der Waals surface area contributed by atoms with Crippen molar-refractivity contribution in [3.05, 3.63) is 59.7 Å². The van der Waals surface area contributed by atoms with Gasteiger partial charge in [-0.1, -0.05) is 42.0 Å². The lowest BCUT2D eigenvalue weighted by molar-refractivity contribution is -0.140. The lowest BCUT2D eigenvalue weighted by Crippen LogP contribution is -2.57. The summed E-state index contributed by atoms with van der Waals surface area (Å²) < 4.78 is 0. The maximum atomic E-state index is 13.2. The molecule has 2 aromatic carbocycles. The molecule has 0 radical (unpaired) electrons. The lowest BCUT2D eigenvalue weighted by Gasteiger charge is -2.47. The highest BCUT2D eigenvalue weighted by Gasteiger charge is 2.40. The molecule has 5 heteroatoms. The van der Waals surface area contributed by atoms with E-state index in [1.807, 2.05) is 29.2 Å². The van der Waals surface area contributed by atoms with Crippen LogP contribution in [0.2, 0.25) is 0 Å². The first-order valence-electron chi connectivity index (χ1n) is 11.8. The van der Waals surface area contributed by atoms with Crippen molar-refractivity contribution < 1.29 is 9.59 Å². The molecule has 2 aromatic rings. The van der Waals surface area contributed by atoms with Crippen LogP contribution in [0.5, 0.6) is 0 Å². The zero-order valence-electron chi connectivity index (χ0n) is 19.6. The van der Waals surface area contributed by atoms with E-state index in [0.29, 0.717) is 12.3 Å². The first-order chi connectivity index (χ1) is 15.4. The van der Waals surface area contributed by atoms with E-state index in [4.69, 9.17) is 0 Å². The van der Waals surface area contributed by atoms with E-state index < -0.39 is 0 Å². The Bertz CT molecular complexity index is 936. The van der Waals surface area contributed by atoms with Gasteiger partial charge < -0.3 is 14.7 Å². The van der Waals surface area contributed by atoms with Crippen molar-refractivity contribution in [2.75, 3.05) is 40.3 Å². The normalized spacial score (nSPS) is 21.1. The van der Waals surface area contributed by atoms with Gasteiger partial charge in [0, 0.05) is 37.7 Å². The molecule has 5 nitrogen and oxygen atoms in total. The number of benzene rings is 2. The third kappa shape index (κ3) is 5.04. The Labute approximate surface area is 192 Å². The molecule has 0 aliphatic carbocycles. The van der Waals surface area contributed by atoms with Crippen molar-refractivity contribution in [2.24, 2.45) is 5.92 Å². The van der Waals surface area contributed by atoms with Crippen molar-refractivity contribution in [1.82, 2.24) is 14.7 Å². The van der Waals surface area contributed by atoms with Crippen LogP contribution in [0, 0.1) is 12.8 Å². The van der Waals surface area contributed by atoms with Gasteiger partial charge in [0.05, 0.1) is 0 Å². The third-order valence-corrected chi connectivity index (χ3v) is 6.95. The number of carbonyl (C=O) groups excluding carboxylic acids is 2. The molecule has 2 atom stereocenters. The fourth-order valence-corrected chi connectivity index (χ4v) is 5.12. The molecular weight excluding hydrogens is 398 g/mol. The lowest BCUT2D eigenvalue weighted by atomic mass is 9.83. The Morgan fingerprint density at radius 3 is 2.31 bits per heavy atom. The van der Waals surface area contributed by atoms with Crippen LogP contribution in [0.1, 0.15) is 41.6 Å². The van der Waals surface area contributed by atoms with Crippen molar-refractivity contribution in [1.29, 1.82) is 0 Å². The molecule has 0 saturated carbocycles. The van der Waals surface area contributed by atoms with Gasteiger partial charge in [-0.15, -0.1) is 0 Å². The summed E-state index contributed by atoms with van der Waals surface area (Å²) in [7, 11) is 4.14. The zero-order valence-corrected chi connectivity index (χ0v) is 19.6. The molecule has 2 heterocycles. The molecule has 32 heavy (non-hydrogen) atoms. The van der Waals surface area contributed by atoms with Crippen molar-refractivity contribution >= 4 is 11.8 Å². The van der Waals surface area contributed by atoms with E-state index in [2.05, 4.69) is 55.1 Å². The number of aryl methyl sites for hydroxylation is 1. The first-order valence-corrected chi connectivity index (χ1v) is 11.8. The molecule has 0 bridgehead atoms. The maximum absolute atomic E-state index is 13.2. The monoisotopic (exact) mass is 433 g/mol. The summed E-state index contributed by atoms with van der Waals surface area (Å²) in [5, 5.41) is 0. The Morgan fingerprint density at radius 1 is 1.00 bits per heavy atom. The minimum Gasteiger partial charge on any atom is -0.339 e. The van der Waals surface area contributed by atoms with Crippen LogP contribution in [-0.2, 0) is 4.79 Å². The van der Waals surface area contributed by atoms with Gasteiger partial charge in [0.1, 0.15) is 0 Å². The summed E-state index contributed by atoms with van der Waals surface area (Å²) in [6.45, 7) is 5.37. The first kappa shape index (κ1) is 22.5. The van der Waals surface area contributed by atoms with E-state index >= 15 is 0 Å². The Kier molecular flexibility index (Phi) is 6.95. The number of amides is 2. The molecule has 0 N–H and O–H groups in total. The highest BCUT2D eigenvalue weighted by molar-refractivity contribution is 5.95. The average Bonchev–Trinajstić information content (AvgIpc) is 2.80. The summed E-state index contributed by atoms with van der Waals surface area (Å²) in [5.74, 6) is 0.781. The van der Waals surface area contributed by atoms with Crippen molar-refractivity contribution in [3.63, 3.8) is 0 Å². The minimum absolute atomic E-state index is 0.106. The van der Waals surface area contributed by atoms with Gasteiger partial charge >= 0.3 is 0 Å². The van der Waals surface area contributed by atoms with Crippen molar-refractivity contribution in [3.8, 4) is 11.1 Å². The molecule has 2 amide bonds. The van der Waals surface area contributed by atoms with Gasteiger partial charge in [-0.25, -0.2) is 0 Å². The van der Waals surface area contributed by atoms with Crippen LogP contribution >= 0.6 is 0 Å². The number of hydrogen-bond acceptors (Lipinski definition) is 3. The number of rotatable bonds is 6. The topological polar surface area (TPSA) is 43.9 Å². The van der Waals surface area contributed by atoms with Gasteiger partial charge in [0.2, 0.25) is 5.91 Å². The van der Waals surface area contributed by atoms with Crippen LogP contribution < -0.4 is 0 Å². The average molecular weight is 434 g/mol. The van der Waals surface area contributed by atoms with Gasteiger partial charge in [-0.2, -0.15) is 0 Å². The Balaban J connectivity index is 1.39. The van der Waals surface area contributed by atoms with Crippen LogP contribution in [0.3, 0.4) is 0 Å². The Morgan fingerprint density at radius 2 is 1.66 bits per heavy atom. The molecule has 0 unspecified atom stereocenters. The summed E-state index contributed by atoms with van der Waals surface area (Å²) in [4.78, 5) is 32.0. The van der Waals surface area contributed by atoms with Crippen LogP contribution in [0.15, 0.2) is 48.5 Å². The second-order valence-corrected chi connectivity index (χ2v) is 9.59. The number of piperidine rings is 2. The number of hydrogen-bond donors (Lipinski definition) is 0. The van der Waals surface area contributed by atoms with E-state index in [1.165, 1.54) is 5.56 Å². The SMILES string of the molecule is Cc1ccc(-c2ccc(C(=O)N3CC[C@H]4[C@H](CCC(=O)N4CCCN(C)C)C3)cc2)cc1. The predicted molar refractivity (Wildman–Crippen MR) is 129 cm³/mol. The second-order valence-electron chi connectivity index (χ2n) is 9.59. The molecule has 0 aromatic heterocycles. The van der Waals surface area contributed by atoms with Gasteiger partial charge in [-0.3, -0.25) is 9.59 Å². The molecule has 2 aliphatic rings.